The van der Waals surface area contributed by atoms with Gasteiger partial charge in [0.2, 0.25) is 0 Å². The van der Waals surface area contributed by atoms with Gasteiger partial charge in [-0.1, -0.05) is 140 Å². The Morgan fingerprint density at radius 1 is 0.491 bits per heavy atom. The Morgan fingerprint density at radius 2 is 1.18 bits per heavy atom. The van der Waals surface area contributed by atoms with E-state index in [1.165, 1.54) is 53.2 Å². The van der Waals surface area contributed by atoms with Gasteiger partial charge in [0.25, 0.3) is 0 Å². The van der Waals surface area contributed by atoms with Gasteiger partial charge in [0.1, 0.15) is 0 Å². The van der Waals surface area contributed by atoms with Crippen LogP contribution in [-0.4, -0.2) is 20.6 Å². The Balaban J connectivity index is 1.14. The lowest BCUT2D eigenvalue weighted by Gasteiger charge is -2.29. The lowest BCUT2D eigenvalue weighted by molar-refractivity contribution is 0.745. The van der Waals surface area contributed by atoms with Crippen LogP contribution in [0.4, 0.5) is 11.4 Å². The monoisotopic (exact) mass is 746 g/mol. The number of thiophene rings is 1. The molecule has 0 N–H and O–H groups in total. The predicted molar refractivity (Wildman–Crippen MR) is 239 cm³/mol. The fraction of sp³-hybridized carbons (Fsp3) is 0.0385. The molecule has 4 heterocycles. The Kier molecular flexibility index (Phi) is 7.19. The number of hydrogen-bond donors (Lipinski definition) is 0. The highest BCUT2D eigenvalue weighted by Crippen LogP contribution is 2.52. The van der Waals surface area contributed by atoms with E-state index in [1.807, 2.05) is 17.4 Å². The van der Waals surface area contributed by atoms with E-state index in [0.717, 1.165) is 45.3 Å². The summed E-state index contributed by atoms with van der Waals surface area (Å²) >= 11 is 1.84. The number of nitrogens with zero attached hydrogens (tertiary/aromatic N) is 4. The predicted octanol–water partition coefficient (Wildman–Crippen LogP) is 13.7. The van der Waals surface area contributed by atoms with Crippen LogP contribution in [0.1, 0.15) is 11.5 Å². The molecule has 2 atom stereocenters. The second kappa shape index (κ2) is 12.7. The highest BCUT2D eigenvalue weighted by Gasteiger charge is 2.39. The van der Waals surface area contributed by atoms with Gasteiger partial charge < -0.3 is 9.47 Å². The molecule has 2 aliphatic rings. The van der Waals surface area contributed by atoms with Crippen LogP contribution < -0.4 is 4.90 Å². The second-order valence-corrected chi connectivity index (χ2v) is 16.0. The van der Waals surface area contributed by atoms with Crippen molar-refractivity contribution < 1.29 is 0 Å². The highest BCUT2D eigenvalue weighted by atomic mass is 32.1. The maximum atomic E-state index is 5.37. The van der Waals surface area contributed by atoms with E-state index in [2.05, 4.69) is 198 Å². The first-order valence-electron chi connectivity index (χ1n) is 19.5. The van der Waals surface area contributed by atoms with Crippen molar-refractivity contribution in [2.75, 3.05) is 4.90 Å². The van der Waals surface area contributed by atoms with Crippen molar-refractivity contribution in [1.82, 2.24) is 14.5 Å². The Labute approximate surface area is 334 Å². The number of benzene rings is 7. The molecule has 1 aliphatic carbocycles. The van der Waals surface area contributed by atoms with E-state index < -0.39 is 0 Å². The summed E-state index contributed by atoms with van der Waals surface area (Å²) in [4.78, 5) is 13.1. The number of anilines is 2. The van der Waals surface area contributed by atoms with E-state index in [1.54, 1.807) is 0 Å². The maximum Gasteiger partial charge on any atom is 0.160 e. The minimum Gasteiger partial charge on any atom is -0.333 e. The van der Waals surface area contributed by atoms with Crippen LogP contribution in [0, 0.1) is 0 Å². The van der Waals surface area contributed by atoms with Crippen LogP contribution >= 0.6 is 11.3 Å². The van der Waals surface area contributed by atoms with Gasteiger partial charge in [0.05, 0.1) is 28.5 Å². The minimum absolute atomic E-state index is 0.119. The number of fused-ring (bicyclic) bond motifs is 9. The third kappa shape index (κ3) is 5.06. The smallest absolute Gasteiger partial charge is 0.160 e. The average Bonchev–Trinajstić information content (AvgIpc) is 3.93. The molecule has 4 nitrogen and oxygen atoms in total. The Hall–Kier alpha value is -7.08. The molecule has 3 aromatic heterocycles. The summed E-state index contributed by atoms with van der Waals surface area (Å²) in [5.41, 5.74) is 12.3. The fourth-order valence-electron chi connectivity index (χ4n) is 9.15. The third-order valence-electron chi connectivity index (χ3n) is 11.7. The molecule has 0 radical (unpaired) electrons. The number of rotatable bonds is 5. The first kappa shape index (κ1) is 32.2. The maximum absolute atomic E-state index is 5.37. The van der Waals surface area contributed by atoms with Crippen LogP contribution in [0.3, 0.4) is 0 Å². The number of allylic oxidation sites excluding steroid dienone is 2. The molecule has 0 saturated heterocycles. The van der Waals surface area contributed by atoms with Crippen molar-refractivity contribution in [3.05, 3.63) is 200 Å². The largest absolute Gasteiger partial charge is 0.333 e. The van der Waals surface area contributed by atoms with Crippen molar-refractivity contribution in [2.45, 2.75) is 12.0 Å². The summed E-state index contributed by atoms with van der Waals surface area (Å²) in [5.74, 6) is 0.926. The molecule has 1 aliphatic heterocycles. The molecule has 0 spiro atoms. The third-order valence-corrected chi connectivity index (χ3v) is 12.9. The van der Waals surface area contributed by atoms with Gasteiger partial charge in [-0.2, -0.15) is 0 Å². The molecular weight excluding hydrogens is 713 g/mol. The normalized spacial score (nSPS) is 15.9. The van der Waals surface area contributed by atoms with Crippen LogP contribution in [0.25, 0.3) is 81.6 Å². The molecule has 0 saturated carbocycles. The highest BCUT2D eigenvalue weighted by molar-refractivity contribution is 7.26. The molecule has 0 amide bonds. The number of para-hydroxylation sites is 2. The summed E-state index contributed by atoms with van der Waals surface area (Å²) in [5, 5.41) is 5.05. The molecular formula is C52H34N4S. The van der Waals surface area contributed by atoms with E-state index in [9.17, 15) is 0 Å². The van der Waals surface area contributed by atoms with Gasteiger partial charge in [-0.3, -0.25) is 0 Å². The quantitative estimate of drug-likeness (QED) is 0.176. The van der Waals surface area contributed by atoms with Crippen LogP contribution in [0.5, 0.6) is 0 Å². The zero-order valence-electron chi connectivity index (χ0n) is 30.8. The number of hydrogen-bond acceptors (Lipinski definition) is 4. The van der Waals surface area contributed by atoms with E-state index in [0.29, 0.717) is 0 Å². The molecule has 10 aromatic rings. The summed E-state index contributed by atoms with van der Waals surface area (Å²) in [7, 11) is 0. The molecule has 2 unspecified atom stereocenters. The Bertz CT molecular complexity index is 3190. The van der Waals surface area contributed by atoms with Crippen molar-refractivity contribution in [3.63, 3.8) is 0 Å². The van der Waals surface area contributed by atoms with Gasteiger partial charge in [0, 0.05) is 70.6 Å². The standard InChI is InChI=1S/C52H34N4S/c1-4-16-33(17-5-1)44-31-45(54-52(53-44)34-18-6-2-7-19-34)43-29-36(28-42-39-24-12-15-27-50(39)57-51(42)43)56-47-26-14-11-23-38(47)41-30-40-37-22-10-13-25-46(37)55(48(40)32-49(41)56)35-20-8-3-9-21-35/h1-32,38,47H. The van der Waals surface area contributed by atoms with Gasteiger partial charge in [-0.15, -0.1) is 11.3 Å². The lowest BCUT2D eigenvalue weighted by atomic mass is 9.90. The first-order valence-corrected chi connectivity index (χ1v) is 20.3. The summed E-state index contributed by atoms with van der Waals surface area (Å²) < 4.78 is 4.92. The fourth-order valence-corrected chi connectivity index (χ4v) is 10.4. The van der Waals surface area contributed by atoms with Gasteiger partial charge >= 0.3 is 0 Å². The zero-order valence-corrected chi connectivity index (χ0v) is 31.6. The summed E-state index contributed by atoms with van der Waals surface area (Å²) in [6, 6.07) is 61.2. The van der Waals surface area contributed by atoms with Crippen LogP contribution in [-0.2, 0) is 0 Å². The van der Waals surface area contributed by atoms with Crippen LogP contribution in [0.2, 0.25) is 0 Å². The molecule has 7 aromatic carbocycles. The molecule has 0 fully saturated rings. The average molecular weight is 747 g/mol. The van der Waals surface area contributed by atoms with Crippen molar-refractivity contribution in [1.29, 1.82) is 0 Å². The second-order valence-electron chi connectivity index (χ2n) is 14.9. The topological polar surface area (TPSA) is 34.0 Å². The van der Waals surface area contributed by atoms with Crippen molar-refractivity contribution >= 4 is 64.7 Å². The molecule has 57 heavy (non-hydrogen) atoms. The van der Waals surface area contributed by atoms with Crippen molar-refractivity contribution in [2.24, 2.45) is 0 Å². The van der Waals surface area contributed by atoms with Gasteiger partial charge in [-0.05, 0) is 60.2 Å². The molecule has 0 bridgehead atoms. The molecule has 12 rings (SSSR count). The van der Waals surface area contributed by atoms with Crippen molar-refractivity contribution in [3.8, 4) is 39.6 Å². The molecule has 268 valence electrons. The SMILES string of the molecule is C1=CC2c3cc4c5ccccc5n(-c5ccccc5)c4cc3N(c3cc(-c4cc(-c5ccccc5)nc(-c5ccccc5)n4)c4sc5ccccc5c4c3)C2C=C1. The van der Waals surface area contributed by atoms with E-state index in [4.69, 9.17) is 9.97 Å². The lowest BCUT2D eigenvalue weighted by Crippen LogP contribution is -2.28. The van der Waals surface area contributed by atoms with Crippen LogP contribution in [0.15, 0.2) is 194 Å². The summed E-state index contributed by atoms with van der Waals surface area (Å²) in [6.07, 6.45) is 9.18. The van der Waals surface area contributed by atoms with E-state index >= 15 is 0 Å². The van der Waals surface area contributed by atoms with Gasteiger partial charge in [-0.25, -0.2) is 9.97 Å². The van der Waals surface area contributed by atoms with Gasteiger partial charge in [0.15, 0.2) is 5.82 Å². The van der Waals surface area contributed by atoms with E-state index in [-0.39, 0.29) is 12.0 Å². The number of aromatic nitrogens is 3. The summed E-state index contributed by atoms with van der Waals surface area (Å²) in [6.45, 7) is 0. The minimum atomic E-state index is 0.119. The first-order chi connectivity index (χ1) is 28.3. The molecule has 5 heteroatoms. The Morgan fingerprint density at radius 3 is 2.00 bits per heavy atom. The zero-order chi connectivity index (χ0) is 37.5.